The number of thiazole rings is 1. The average Bonchev–Trinajstić information content (AvgIpc) is 2.97. The first-order valence-corrected chi connectivity index (χ1v) is 9.02. The number of benzene rings is 1. The molecule has 23 heavy (non-hydrogen) atoms. The summed E-state index contributed by atoms with van der Waals surface area (Å²) < 4.78 is 1.08. The van der Waals surface area contributed by atoms with Crippen LogP contribution in [-0.4, -0.2) is 24.0 Å². The molecule has 2 heterocycles. The average molecular weight is 417 g/mol. The molecule has 2 N–H and O–H groups in total. The Morgan fingerprint density at radius 2 is 2.00 bits per heavy atom. The number of hydrogen-bond acceptors (Lipinski definition) is 4. The second kappa shape index (κ2) is 8.78. The van der Waals surface area contributed by atoms with Crippen LogP contribution < -0.4 is 10.6 Å². The van der Waals surface area contributed by atoms with Gasteiger partial charge < -0.3 is 10.6 Å². The lowest BCUT2D eigenvalue weighted by molar-refractivity contribution is -0.120. The highest BCUT2D eigenvalue weighted by atomic mass is 79.9. The molecule has 1 aromatic carbocycles. The first kappa shape index (κ1) is 18.4. The van der Waals surface area contributed by atoms with Gasteiger partial charge >= 0.3 is 0 Å². The molecule has 0 atom stereocenters. The molecule has 1 saturated heterocycles. The second-order valence-electron chi connectivity index (χ2n) is 5.45. The van der Waals surface area contributed by atoms with Crippen molar-refractivity contribution in [2.75, 3.05) is 18.4 Å². The third kappa shape index (κ3) is 5.28. The van der Waals surface area contributed by atoms with Crippen LogP contribution in [0.15, 0.2) is 34.9 Å². The zero-order valence-electron chi connectivity index (χ0n) is 12.5. The van der Waals surface area contributed by atoms with Gasteiger partial charge in [0.15, 0.2) is 5.13 Å². The second-order valence-corrected chi connectivity index (χ2v) is 7.48. The summed E-state index contributed by atoms with van der Waals surface area (Å²) in [5.41, 5.74) is 1.24. The molecule has 2 aromatic rings. The fourth-order valence-corrected chi connectivity index (χ4v) is 3.66. The van der Waals surface area contributed by atoms with E-state index in [2.05, 4.69) is 43.7 Å². The van der Waals surface area contributed by atoms with Gasteiger partial charge in [0.1, 0.15) is 0 Å². The predicted molar refractivity (Wildman–Crippen MR) is 101 cm³/mol. The van der Waals surface area contributed by atoms with Crippen LogP contribution in [0.2, 0.25) is 0 Å². The first-order valence-electron chi connectivity index (χ1n) is 7.41. The number of nitrogens with zero attached hydrogens (tertiary/aromatic N) is 1. The van der Waals surface area contributed by atoms with E-state index in [9.17, 15) is 4.79 Å². The van der Waals surface area contributed by atoms with E-state index < -0.39 is 0 Å². The van der Waals surface area contributed by atoms with Crippen molar-refractivity contribution in [3.8, 4) is 0 Å². The lowest BCUT2D eigenvalue weighted by atomic mass is 9.97. The van der Waals surface area contributed by atoms with Crippen molar-refractivity contribution in [2.24, 2.45) is 5.92 Å². The predicted octanol–water partition coefficient (Wildman–Crippen LogP) is 3.86. The summed E-state index contributed by atoms with van der Waals surface area (Å²) in [7, 11) is 0. The Kier molecular flexibility index (Phi) is 7.02. The Morgan fingerprint density at radius 1 is 1.30 bits per heavy atom. The fraction of sp³-hybridized carbons (Fsp3) is 0.375. The summed E-state index contributed by atoms with van der Waals surface area (Å²) in [4.78, 5) is 17.7. The minimum atomic E-state index is 0. The van der Waals surface area contributed by atoms with Gasteiger partial charge in [-0.2, -0.15) is 0 Å². The van der Waals surface area contributed by atoms with Gasteiger partial charge in [0.25, 0.3) is 0 Å². The molecule has 1 aliphatic rings. The number of halogens is 2. The molecule has 4 nitrogen and oxygen atoms in total. The number of rotatable bonds is 4. The standard InChI is InChI=1S/C16H18BrN3OS.ClH/c17-13-3-1-11(2-4-13)9-14-10-19-16(22-14)20-15(21)12-5-7-18-8-6-12;/h1-4,10,12,18H,5-9H2,(H,19,20,21);1H. The van der Waals surface area contributed by atoms with Gasteiger partial charge in [-0.15, -0.1) is 23.7 Å². The van der Waals surface area contributed by atoms with Crippen LogP contribution in [0.25, 0.3) is 0 Å². The lowest BCUT2D eigenvalue weighted by Crippen LogP contribution is -2.34. The van der Waals surface area contributed by atoms with Crippen molar-refractivity contribution in [3.63, 3.8) is 0 Å². The van der Waals surface area contributed by atoms with Crippen LogP contribution in [0.5, 0.6) is 0 Å². The highest BCUT2D eigenvalue weighted by Gasteiger charge is 2.21. The Labute approximate surface area is 154 Å². The number of anilines is 1. The van der Waals surface area contributed by atoms with Crippen molar-refractivity contribution in [3.05, 3.63) is 45.4 Å². The lowest BCUT2D eigenvalue weighted by Gasteiger charge is -2.20. The van der Waals surface area contributed by atoms with Crippen LogP contribution in [0.3, 0.4) is 0 Å². The number of nitrogens with one attached hydrogen (secondary N) is 2. The minimum absolute atomic E-state index is 0. The molecule has 7 heteroatoms. The maximum atomic E-state index is 12.2. The number of hydrogen-bond donors (Lipinski definition) is 2. The van der Waals surface area contributed by atoms with Gasteiger partial charge in [-0.25, -0.2) is 4.98 Å². The Morgan fingerprint density at radius 3 is 2.70 bits per heavy atom. The molecule has 0 spiro atoms. The molecule has 0 radical (unpaired) electrons. The van der Waals surface area contributed by atoms with E-state index in [1.807, 2.05) is 18.3 Å². The zero-order valence-corrected chi connectivity index (χ0v) is 15.8. The highest BCUT2D eigenvalue weighted by Crippen LogP contribution is 2.23. The first-order chi connectivity index (χ1) is 10.7. The van der Waals surface area contributed by atoms with Crippen LogP contribution in [0.1, 0.15) is 23.3 Å². The van der Waals surface area contributed by atoms with Crippen LogP contribution in [0, 0.1) is 5.92 Å². The summed E-state index contributed by atoms with van der Waals surface area (Å²) in [5.74, 6) is 0.214. The number of carbonyl (C=O) groups excluding carboxylic acids is 1. The van der Waals surface area contributed by atoms with Gasteiger partial charge in [-0.3, -0.25) is 4.79 Å². The third-order valence-corrected chi connectivity index (χ3v) is 5.23. The quantitative estimate of drug-likeness (QED) is 0.796. The summed E-state index contributed by atoms with van der Waals surface area (Å²) in [6.07, 6.45) is 4.50. The van der Waals surface area contributed by atoms with Crippen LogP contribution >= 0.6 is 39.7 Å². The largest absolute Gasteiger partial charge is 0.317 e. The van der Waals surface area contributed by atoms with Crippen molar-refractivity contribution in [1.29, 1.82) is 0 Å². The number of piperidine rings is 1. The molecule has 0 unspecified atom stereocenters. The summed E-state index contributed by atoms with van der Waals surface area (Å²) in [6.45, 7) is 1.84. The molecular formula is C16H19BrClN3OS. The molecule has 1 fully saturated rings. The SMILES string of the molecule is Cl.O=C(Nc1ncc(Cc2ccc(Br)cc2)s1)C1CCNCC1. The van der Waals surface area contributed by atoms with E-state index >= 15 is 0 Å². The normalized spacial score (nSPS) is 15.0. The van der Waals surface area contributed by atoms with Crippen molar-refractivity contribution in [2.45, 2.75) is 19.3 Å². The molecule has 1 amide bonds. The number of amides is 1. The maximum Gasteiger partial charge on any atom is 0.229 e. The molecule has 0 bridgehead atoms. The van der Waals surface area contributed by atoms with Gasteiger partial charge in [0, 0.05) is 27.9 Å². The molecule has 0 aliphatic carbocycles. The van der Waals surface area contributed by atoms with Gasteiger partial charge in [0.05, 0.1) is 0 Å². The van der Waals surface area contributed by atoms with E-state index in [0.29, 0.717) is 5.13 Å². The van der Waals surface area contributed by atoms with E-state index in [1.54, 1.807) is 11.3 Å². The fourth-order valence-electron chi connectivity index (χ4n) is 2.54. The van der Waals surface area contributed by atoms with Crippen molar-refractivity contribution >= 4 is 50.7 Å². The van der Waals surface area contributed by atoms with Crippen molar-refractivity contribution in [1.82, 2.24) is 10.3 Å². The van der Waals surface area contributed by atoms with E-state index in [0.717, 1.165) is 41.7 Å². The molecule has 124 valence electrons. The Balaban J connectivity index is 0.00000192. The van der Waals surface area contributed by atoms with Gasteiger partial charge in [-0.1, -0.05) is 28.1 Å². The molecule has 0 saturated carbocycles. The van der Waals surface area contributed by atoms with Gasteiger partial charge in [0.2, 0.25) is 5.91 Å². The zero-order chi connectivity index (χ0) is 15.4. The summed E-state index contributed by atoms with van der Waals surface area (Å²) in [6, 6.07) is 8.26. The third-order valence-electron chi connectivity index (χ3n) is 3.79. The Bertz CT molecular complexity index is 641. The summed E-state index contributed by atoms with van der Waals surface area (Å²) in [5, 5.41) is 6.94. The number of aromatic nitrogens is 1. The number of carbonyl (C=O) groups is 1. The van der Waals surface area contributed by atoms with E-state index in [-0.39, 0.29) is 24.2 Å². The molecular weight excluding hydrogens is 398 g/mol. The molecule has 3 rings (SSSR count). The topological polar surface area (TPSA) is 54.0 Å². The minimum Gasteiger partial charge on any atom is -0.317 e. The molecule has 1 aliphatic heterocycles. The van der Waals surface area contributed by atoms with E-state index in [4.69, 9.17) is 0 Å². The summed E-state index contributed by atoms with van der Waals surface area (Å²) >= 11 is 4.99. The maximum absolute atomic E-state index is 12.2. The monoisotopic (exact) mass is 415 g/mol. The van der Waals surface area contributed by atoms with Crippen LogP contribution in [0.4, 0.5) is 5.13 Å². The Hall–Kier alpha value is -0.950. The highest BCUT2D eigenvalue weighted by molar-refractivity contribution is 9.10. The van der Waals surface area contributed by atoms with Crippen LogP contribution in [-0.2, 0) is 11.2 Å². The van der Waals surface area contributed by atoms with Crippen molar-refractivity contribution < 1.29 is 4.79 Å². The van der Waals surface area contributed by atoms with E-state index in [1.165, 1.54) is 5.56 Å². The smallest absolute Gasteiger partial charge is 0.229 e. The van der Waals surface area contributed by atoms with Gasteiger partial charge in [-0.05, 0) is 43.6 Å². The molecule has 1 aromatic heterocycles.